The van der Waals surface area contributed by atoms with Gasteiger partial charge in [0, 0.05) is 6.42 Å². The fourth-order valence-electron chi connectivity index (χ4n) is 1.47. The first-order valence-corrected chi connectivity index (χ1v) is 5.44. The standard InChI is InChI=1S/C14H18O/c1-3-4-5-6-13-7-9-14(10-8-13)11-12(2)15/h4-5,7-10H,3,6,11H2,1-2H3/b5-4+. The summed E-state index contributed by atoms with van der Waals surface area (Å²) in [6.45, 7) is 3.75. The lowest BCUT2D eigenvalue weighted by molar-refractivity contribution is -0.116. The maximum Gasteiger partial charge on any atom is 0.134 e. The highest BCUT2D eigenvalue weighted by Crippen LogP contribution is 2.06. The molecule has 0 aromatic heterocycles. The van der Waals surface area contributed by atoms with Gasteiger partial charge < -0.3 is 0 Å². The van der Waals surface area contributed by atoms with Gasteiger partial charge in [-0.25, -0.2) is 0 Å². The molecular weight excluding hydrogens is 184 g/mol. The number of rotatable bonds is 5. The fourth-order valence-corrected chi connectivity index (χ4v) is 1.47. The van der Waals surface area contributed by atoms with E-state index in [1.807, 2.05) is 12.1 Å². The Morgan fingerprint density at radius 1 is 1.13 bits per heavy atom. The molecule has 0 spiro atoms. The van der Waals surface area contributed by atoms with Gasteiger partial charge in [-0.3, -0.25) is 4.79 Å². The molecule has 0 amide bonds. The summed E-state index contributed by atoms with van der Waals surface area (Å²) in [7, 11) is 0. The van der Waals surface area contributed by atoms with Crippen LogP contribution in [0.25, 0.3) is 0 Å². The molecule has 0 atom stereocenters. The first-order chi connectivity index (χ1) is 7.22. The third kappa shape index (κ3) is 4.59. The summed E-state index contributed by atoms with van der Waals surface area (Å²) in [5.41, 5.74) is 2.40. The number of benzene rings is 1. The van der Waals surface area contributed by atoms with Crippen molar-refractivity contribution < 1.29 is 4.79 Å². The Bertz CT molecular complexity index is 333. The minimum absolute atomic E-state index is 0.216. The highest BCUT2D eigenvalue weighted by molar-refractivity contribution is 5.78. The molecule has 0 unspecified atom stereocenters. The Morgan fingerprint density at radius 2 is 1.73 bits per heavy atom. The molecule has 0 heterocycles. The Morgan fingerprint density at radius 3 is 2.27 bits per heavy atom. The summed E-state index contributed by atoms with van der Waals surface area (Å²) in [6, 6.07) is 8.27. The van der Waals surface area contributed by atoms with Gasteiger partial charge in [-0.15, -0.1) is 0 Å². The molecule has 0 saturated carbocycles. The second-order valence-corrected chi connectivity index (χ2v) is 3.78. The molecule has 0 fully saturated rings. The molecule has 0 radical (unpaired) electrons. The van der Waals surface area contributed by atoms with Crippen molar-refractivity contribution in [2.45, 2.75) is 33.1 Å². The molecule has 0 aliphatic carbocycles. The van der Waals surface area contributed by atoms with Crippen molar-refractivity contribution in [1.29, 1.82) is 0 Å². The Balaban J connectivity index is 2.56. The van der Waals surface area contributed by atoms with Crippen molar-refractivity contribution in [3.05, 3.63) is 47.5 Å². The summed E-state index contributed by atoms with van der Waals surface area (Å²) in [6.07, 6.45) is 6.96. The molecular formula is C14H18O. The molecule has 80 valence electrons. The van der Waals surface area contributed by atoms with Gasteiger partial charge in [0.05, 0.1) is 0 Å². The third-order valence-corrected chi connectivity index (χ3v) is 2.23. The summed E-state index contributed by atoms with van der Waals surface area (Å²) in [5.74, 6) is 0.216. The van der Waals surface area contributed by atoms with Crippen LogP contribution in [-0.4, -0.2) is 5.78 Å². The van der Waals surface area contributed by atoms with Crippen LogP contribution in [0.1, 0.15) is 31.4 Å². The van der Waals surface area contributed by atoms with Gasteiger partial charge >= 0.3 is 0 Å². The predicted octanol–water partition coefficient (Wildman–Crippen LogP) is 3.33. The van der Waals surface area contributed by atoms with E-state index in [0.717, 1.165) is 18.4 Å². The van der Waals surface area contributed by atoms with E-state index in [4.69, 9.17) is 0 Å². The highest BCUT2D eigenvalue weighted by Gasteiger charge is 1.96. The molecule has 0 aliphatic heterocycles. The minimum Gasteiger partial charge on any atom is -0.300 e. The highest BCUT2D eigenvalue weighted by atomic mass is 16.1. The van der Waals surface area contributed by atoms with Crippen LogP contribution in [0.15, 0.2) is 36.4 Å². The van der Waals surface area contributed by atoms with Crippen LogP contribution in [-0.2, 0) is 17.6 Å². The summed E-state index contributed by atoms with van der Waals surface area (Å²) >= 11 is 0. The van der Waals surface area contributed by atoms with Gasteiger partial charge in [0.25, 0.3) is 0 Å². The summed E-state index contributed by atoms with van der Waals surface area (Å²) in [5, 5.41) is 0. The van der Waals surface area contributed by atoms with E-state index >= 15 is 0 Å². The van der Waals surface area contributed by atoms with E-state index < -0.39 is 0 Å². The van der Waals surface area contributed by atoms with Crippen molar-refractivity contribution in [1.82, 2.24) is 0 Å². The number of allylic oxidation sites excluding steroid dienone is 2. The molecule has 1 aromatic rings. The average molecular weight is 202 g/mol. The van der Waals surface area contributed by atoms with E-state index in [0.29, 0.717) is 6.42 Å². The second-order valence-electron chi connectivity index (χ2n) is 3.78. The summed E-state index contributed by atoms with van der Waals surface area (Å²) in [4.78, 5) is 10.9. The van der Waals surface area contributed by atoms with E-state index in [-0.39, 0.29) is 5.78 Å². The van der Waals surface area contributed by atoms with Crippen LogP contribution in [0.5, 0.6) is 0 Å². The van der Waals surface area contributed by atoms with Crippen molar-refractivity contribution in [3.63, 3.8) is 0 Å². The quantitative estimate of drug-likeness (QED) is 0.669. The number of ketones is 1. The van der Waals surface area contributed by atoms with E-state index in [1.165, 1.54) is 5.56 Å². The first-order valence-electron chi connectivity index (χ1n) is 5.44. The number of carbonyl (C=O) groups is 1. The lowest BCUT2D eigenvalue weighted by Gasteiger charge is -2.00. The molecule has 15 heavy (non-hydrogen) atoms. The molecule has 1 heteroatoms. The van der Waals surface area contributed by atoms with E-state index in [9.17, 15) is 4.79 Å². The van der Waals surface area contributed by atoms with Gasteiger partial charge in [0.2, 0.25) is 0 Å². The monoisotopic (exact) mass is 202 g/mol. The maximum absolute atomic E-state index is 10.9. The predicted molar refractivity (Wildman–Crippen MR) is 64.0 cm³/mol. The van der Waals surface area contributed by atoms with Crippen molar-refractivity contribution in [3.8, 4) is 0 Å². The maximum atomic E-state index is 10.9. The van der Waals surface area contributed by atoms with Crippen LogP contribution in [0, 0.1) is 0 Å². The zero-order chi connectivity index (χ0) is 11.1. The molecule has 0 N–H and O–H groups in total. The minimum atomic E-state index is 0.216. The third-order valence-electron chi connectivity index (χ3n) is 2.23. The van der Waals surface area contributed by atoms with E-state index in [2.05, 4.69) is 31.2 Å². The van der Waals surface area contributed by atoms with Crippen LogP contribution in [0.2, 0.25) is 0 Å². The van der Waals surface area contributed by atoms with E-state index in [1.54, 1.807) is 6.92 Å². The molecule has 0 aliphatic rings. The second kappa shape index (κ2) is 6.18. The Labute approximate surface area is 91.8 Å². The zero-order valence-electron chi connectivity index (χ0n) is 9.49. The molecule has 0 bridgehead atoms. The van der Waals surface area contributed by atoms with Gasteiger partial charge in [0.15, 0.2) is 0 Å². The molecule has 1 rings (SSSR count). The molecule has 1 aromatic carbocycles. The first kappa shape index (κ1) is 11.7. The lowest BCUT2D eigenvalue weighted by Crippen LogP contribution is -1.95. The van der Waals surface area contributed by atoms with Crippen molar-refractivity contribution in [2.24, 2.45) is 0 Å². The zero-order valence-corrected chi connectivity index (χ0v) is 9.49. The smallest absolute Gasteiger partial charge is 0.134 e. The number of Topliss-reactive ketones (excluding diaryl/α,β-unsaturated/α-hetero) is 1. The Hall–Kier alpha value is -1.37. The summed E-state index contributed by atoms with van der Waals surface area (Å²) < 4.78 is 0. The number of hydrogen-bond acceptors (Lipinski definition) is 1. The van der Waals surface area contributed by atoms with Gasteiger partial charge in [-0.1, -0.05) is 43.3 Å². The largest absolute Gasteiger partial charge is 0.300 e. The topological polar surface area (TPSA) is 17.1 Å². The molecule has 0 saturated heterocycles. The lowest BCUT2D eigenvalue weighted by atomic mass is 10.1. The van der Waals surface area contributed by atoms with Crippen LogP contribution in [0.4, 0.5) is 0 Å². The SMILES string of the molecule is CC/C=C/Cc1ccc(CC(C)=O)cc1. The number of hydrogen-bond donors (Lipinski definition) is 0. The van der Waals surface area contributed by atoms with Crippen molar-refractivity contribution >= 4 is 5.78 Å². The average Bonchev–Trinajstić information content (AvgIpc) is 2.20. The Kier molecular flexibility index (Phi) is 4.82. The number of carbonyl (C=O) groups excluding carboxylic acids is 1. The van der Waals surface area contributed by atoms with Crippen LogP contribution >= 0.6 is 0 Å². The fraction of sp³-hybridized carbons (Fsp3) is 0.357. The van der Waals surface area contributed by atoms with Crippen LogP contribution < -0.4 is 0 Å². The van der Waals surface area contributed by atoms with Gasteiger partial charge in [0.1, 0.15) is 5.78 Å². The van der Waals surface area contributed by atoms with Gasteiger partial charge in [-0.2, -0.15) is 0 Å². The van der Waals surface area contributed by atoms with Gasteiger partial charge in [-0.05, 0) is 30.9 Å². The van der Waals surface area contributed by atoms with Crippen LogP contribution in [0.3, 0.4) is 0 Å². The molecule has 1 nitrogen and oxygen atoms in total. The normalized spacial score (nSPS) is 10.8. The van der Waals surface area contributed by atoms with Crippen molar-refractivity contribution in [2.75, 3.05) is 0 Å².